The van der Waals surface area contributed by atoms with Gasteiger partial charge in [-0.1, -0.05) is 41.3 Å². The quantitative estimate of drug-likeness (QED) is 0.312. The summed E-state index contributed by atoms with van der Waals surface area (Å²) in [5.41, 5.74) is 9.52. The number of ether oxygens (including phenoxy) is 2. The van der Waals surface area contributed by atoms with Crippen LogP contribution in [0, 0.1) is 17.1 Å². The SMILES string of the molecule is COc1ccc(CCNC(=O)CSc2nnc(N3C(N)=C(C#N)C(c4ccc(F)cc4)C4=C3CCCC4=O)s2)cc1OC. The van der Waals surface area contributed by atoms with Crippen LogP contribution in [0.25, 0.3) is 0 Å². The Hall–Kier alpha value is -4.41. The molecule has 0 saturated carbocycles. The molecule has 1 aliphatic heterocycles. The maximum absolute atomic E-state index is 13.7. The molecule has 2 aliphatic rings. The molecule has 1 amide bonds. The maximum atomic E-state index is 13.7. The number of nitriles is 1. The van der Waals surface area contributed by atoms with Gasteiger partial charge in [-0.3, -0.25) is 14.5 Å². The Kier molecular flexibility index (Phi) is 9.27. The van der Waals surface area contributed by atoms with Crippen LogP contribution < -0.4 is 25.4 Å². The van der Waals surface area contributed by atoms with E-state index in [4.69, 9.17) is 15.2 Å². The predicted molar refractivity (Wildman–Crippen MR) is 161 cm³/mol. The zero-order valence-electron chi connectivity index (χ0n) is 23.6. The Morgan fingerprint density at radius 2 is 1.95 bits per heavy atom. The smallest absolute Gasteiger partial charge is 0.230 e. The number of nitrogens with one attached hydrogen (secondary N) is 1. The number of hydrogen-bond acceptors (Lipinski definition) is 11. The number of nitrogens with two attached hydrogens (primary N) is 1. The van der Waals surface area contributed by atoms with Gasteiger partial charge in [0.05, 0.1) is 37.5 Å². The van der Waals surface area contributed by atoms with Crippen molar-refractivity contribution in [1.29, 1.82) is 5.26 Å². The molecule has 43 heavy (non-hydrogen) atoms. The summed E-state index contributed by atoms with van der Waals surface area (Å²) in [6.45, 7) is 0.447. The fraction of sp³-hybridized carbons (Fsp3) is 0.300. The van der Waals surface area contributed by atoms with Crippen LogP contribution in [0.1, 0.15) is 36.3 Å². The van der Waals surface area contributed by atoms with Gasteiger partial charge in [-0.05, 0) is 54.7 Å². The van der Waals surface area contributed by atoms with Crippen molar-refractivity contribution < 1.29 is 23.5 Å². The molecule has 222 valence electrons. The highest BCUT2D eigenvalue weighted by atomic mass is 32.2. The maximum Gasteiger partial charge on any atom is 0.230 e. The first-order valence-electron chi connectivity index (χ1n) is 13.5. The van der Waals surface area contributed by atoms with E-state index in [1.807, 2.05) is 18.2 Å². The fourth-order valence-electron chi connectivity index (χ4n) is 5.21. The van der Waals surface area contributed by atoms with Gasteiger partial charge in [0, 0.05) is 24.2 Å². The predicted octanol–water partition coefficient (Wildman–Crippen LogP) is 4.45. The lowest BCUT2D eigenvalue weighted by atomic mass is 9.76. The van der Waals surface area contributed by atoms with E-state index in [9.17, 15) is 19.2 Å². The molecule has 0 fully saturated rings. The lowest BCUT2D eigenvalue weighted by Crippen LogP contribution is -2.38. The van der Waals surface area contributed by atoms with Gasteiger partial charge in [-0.2, -0.15) is 5.26 Å². The second-order valence-electron chi connectivity index (χ2n) is 9.80. The van der Waals surface area contributed by atoms with Crippen molar-refractivity contribution in [2.45, 2.75) is 35.9 Å². The topological polar surface area (TPSA) is 143 Å². The van der Waals surface area contributed by atoms with Crippen LogP contribution in [0.3, 0.4) is 0 Å². The molecule has 3 N–H and O–H groups in total. The number of ketones is 1. The molecule has 0 bridgehead atoms. The Morgan fingerprint density at radius 1 is 1.19 bits per heavy atom. The van der Waals surface area contributed by atoms with E-state index in [2.05, 4.69) is 21.6 Å². The number of rotatable bonds is 10. The van der Waals surface area contributed by atoms with Crippen LogP contribution in [0.5, 0.6) is 11.5 Å². The number of nitrogens with zero attached hydrogens (tertiary/aromatic N) is 4. The van der Waals surface area contributed by atoms with E-state index in [0.29, 0.717) is 70.0 Å². The zero-order valence-corrected chi connectivity index (χ0v) is 25.2. The third-order valence-corrected chi connectivity index (χ3v) is 9.26. The number of Topliss-reactive ketones (excluding diaryl/α,β-unsaturated/α-hetero) is 1. The summed E-state index contributed by atoms with van der Waals surface area (Å²) in [7, 11) is 3.15. The summed E-state index contributed by atoms with van der Waals surface area (Å²) in [6.07, 6.45) is 2.16. The number of methoxy groups -OCH3 is 2. The van der Waals surface area contributed by atoms with E-state index in [-0.39, 0.29) is 28.8 Å². The molecule has 2 heterocycles. The first-order valence-corrected chi connectivity index (χ1v) is 15.3. The minimum atomic E-state index is -0.686. The molecule has 1 atom stereocenters. The van der Waals surface area contributed by atoms with Crippen molar-refractivity contribution in [3.05, 3.63) is 82.1 Å². The van der Waals surface area contributed by atoms with Crippen LogP contribution >= 0.6 is 23.1 Å². The summed E-state index contributed by atoms with van der Waals surface area (Å²) in [5, 5.41) is 22.0. The second kappa shape index (κ2) is 13.3. The number of allylic oxidation sites excluding steroid dienone is 3. The van der Waals surface area contributed by atoms with Gasteiger partial charge in [0.15, 0.2) is 21.6 Å². The molecule has 1 aliphatic carbocycles. The molecule has 13 heteroatoms. The average Bonchev–Trinajstić information content (AvgIpc) is 3.48. The van der Waals surface area contributed by atoms with E-state index in [1.54, 1.807) is 31.3 Å². The van der Waals surface area contributed by atoms with Crippen LogP contribution in [0.15, 0.2) is 69.5 Å². The third kappa shape index (κ3) is 6.35. The van der Waals surface area contributed by atoms with Crippen molar-refractivity contribution in [2.75, 3.05) is 31.4 Å². The number of anilines is 1. The molecule has 1 aromatic heterocycles. The number of thioether (sulfide) groups is 1. The van der Waals surface area contributed by atoms with Crippen LogP contribution in [0.4, 0.5) is 9.52 Å². The number of carbonyl (C=O) groups is 2. The molecular weight excluding hydrogens is 592 g/mol. The monoisotopic (exact) mass is 620 g/mol. The molecule has 10 nitrogen and oxygen atoms in total. The molecule has 1 unspecified atom stereocenters. The largest absolute Gasteiger partial charge is 0.493 e. The highest BCUT2D eigenvalue weighted by Gasteiger charge is 2.41. The minimum Gasteiger partial charge on any atom is -0.493 e. The van der Waals surface area contributed by atoms with E-state index in [1.165, 1.54) is 35.2 Å². The van der Waals surface area contributed by atoms with Crippen molar-refractivity contribution in [3.8, 4) is 17.6 Å². The second-order valence-corrected chi connectivity index (χ2v) is 12.0. The highest BCUT2D eigenvalue weighted by Crippen LogP contribution is 2.47. The third-order valence-electron chi connectivity index (χ3n) is 7.21. The standard InChI is InChI=1S/C30H29FN6O4S2/c1-40-23-11-6-17(14-24(23)41-2)12-13-34-25(39)16-42-30-36-35-29(43-30)37-21-4-3-5-22(38)27(21)26(20(15-32)28(37)33)18-7-9-19(31)10-8-18/h6-11,14,26H,3-5,12-13,16,33H2,1-2H3,(H,34,39). The average molecular weight is 621 g/mol. The Labute approximate surface area is 256 Å². The van der Waals surface area contributed by atoms with Crippen LogP contribution in [-0.4, -0.2) is 48.4 Å². The van der Waals surface area contributed by atoms with Crippen molar-refractivity contribution in [3.63, 3.8) is 0 Å². The van der Waals surface area contributed by atoms with Crippen LogP contribution in [0.2, 0.25) is 0 Å². The zero-order chi connectivity index (χ0) is 30.5. The van der Waals surface area contributed by atoms with Gasteiger partial charge in [0.25, 0.3) is 0 Å². The fourth-order valence-corrected chi connectivity index (χ4v) is 6.92. The van der Waals surface area contributed by atoms with Gasteiger partial charge in [0.1, 0.15) is 11.6 Å². The number of carbonyl (C=O) groups excluding carboxylic acids is 2. The van der Waals surface area contributed by atoms with Gasteiger partial charge in [-0.15, -0.1) is 10.2 Å². The molecule has 5 rings (SSSR count). The minimum absolute atomic E-state index is 0.0790. The highest BCUT2D eigenvalue weighted by molar-refractivity contribution is 8.01. The summed E-state index contributed by atoms with van der Waals surface area (Å²) >= 11 is 2.46. The Balaban J connectivity index is 1.28. The summed E-state index contributed by atoms with van der Waals surface area (Å²) in [6, 6.07) is 13.6. The molecule has 3 aromatic rings. The molecule has 0 radical (unpaired) electrons. The van der Waals surface area contributed by atoms with Gasteiger partial charge in [-0.25, -0.2) is 4.39 Å². The van der Waals surface area contributed by atoms with E-state index >= 15 is 0 Å². The lowest BCUT2D eigenvalue weighted by molar-refractivity contribution is -0.118. The normalized spacial score (nSPS) is 16.6. The number of halogens is 1. The molecule has 0 saturated heterocycles. The summed E-state index contributed by atoms with van der Waals surface area (Å²) in [5.74, 6) is 0.233. The van der Waals surface area contributed by atoms with E-state index in [0.717, 1.165) is 5.56 Å². The Morgan fingerprint density at radius 3 is 2.67 bits per heavy atom. The number of benzene rings is 2. The van der Waals surface area contributed by atoms with Crippen LogP contribution in [-0.2, 0) is 16.0 Å². The lowest BCUT2D eigenvalue weighted by Gasteiger charge is -2.38. The molecule has 0 spiro atoms. The first-order chi connectivity index (χ1) is 20.8. The van der Waals surface area contributed by atoms with Gasteiger partial charge < -0.3 is 20.5 Å². The molecular formula is C30H29FN6O4S2. The Bertz CT molecular complexity index is 1650. The van der Waals surface area contributed by atoms with Gasteiger partial charge in [0.2, 0.25) is 11.0 Å². The number of hydrogen-bond donors (Lipinski definition) is 2. The van der Waals surface area contributed by atoms with Crippen molar-refractivity contribution in [1.82, 2.24) is 15.5 Å². The summed E-state index contributed by atoms with van der Waals surface area (Å²) in [4.78, 5) is 27.4. The molecule has 2 aromatic carbocycles. The van der Waals surface area contributed by atoms with Crippen molar-refractivity contribution >= 4 is 39.9 Å². The summed E-state index contributed by atoms with van der Waals surface area (Å²) < 4.78 is 24.8. The van der Waals surface area contributed by atoms with Gasteiger partial charge >= 0.3 is 0 Å². The number of amides is 1. The number of aromatic nitrogens is 2. The first kappa shape index (κ1) is 30.1. The van der Waals surface area contributed by atoms with Crippen molar-refractivity contribution in [2.24, 2.45) is 5.73 Å². The van der Waals surface area contributed by atoms with E-state index < -0.39 is 11.7 Å².